The van der Waals surface area contributed by atoms with Crippen molar-refractivity contribution < 1.29 is 17.9 Å². The molecular weight excluding hydrogens is 402 g/mol. The van der Waals surface area contributed by atoms with E-state index in [0.29, 0.717) is 37.5 Å². The van der Waals surface area contributed by atoms with Crippen LogP contribution >= 0.6 is 0 Å². The Kier molecular flexibility index (Phi) is 5.46. The fourth-order valence-electron chi connectivity index (χ4n) is 4.38. The molecule has 0 spiro atoms. The van der Waals surface area contributed by atoms with Crippen LogP contribution in [0.2, 0.25) is 0 Å². The zero-order chi connectivity index (χ0) is 21.5. The molecule has 0 aromatic heterocycles. The lowest BCUT2D eigenvalue weighted by molar-refractivity contribution is -0.116. The highest BCUT2D eigenvalue weighted by atomic mass is 32.2. The lowest BCUT2D eigenvalue weighted by Gasteiger charge is -2.35. The number of fused-ring (bicyclic) bond motifs is 1. The van der Waals surface area contributed by atoms with Crippen molar-refractivity contribution in [3.63, 3.8) is 0 Å². The van der Waals surface area contributed by atoms with E-state index in [9.17, 15) is 13.2 Å². The quantitative estimate of drug-likeness (QED) is 0.747. The number of anilines is 2. The van der Waals surface area contributed by atoms with Gasteiger partial charge in [0.05, 0.1) is 12.0 Å². The summed E-state index contributed by atoms with van der Waals surface area (Å²) in [4.78, 5) is 16.1. The van der Waals surface area contributed by atoms with Crippen LogP contribution in [-0.2, 0) is 21.2 Å². The lowest BCUT2D eigenvalue weighted by atomic mass is 10.1. The van der Waals surface area contributed by atoms with Gasteiger partial charge in [-0.2, -0.15) is 4.31 Å². The van der Waals surface area contributed by atoms with Crippen molar-refractivity contribution in [1.29, 1.82) is 0 Å². The maximum atomic E-state index is 13.2. The molecule has 0 N–H and O–H groups in total. The second-order valence-corrected chi connectivity index (χ2v) is 9.76. The predicted octanol–water partition coefficient (Wildman–Crippen LogP) is 2.50. The van der Waals surface area contributed by atoms with Gasteiger partial charge in [-0.3, -0.25) is 4.79 Å². The molecule has 1 fully saturated rings. The molecule has 1 saturated heterocycles. The number of carbonyl (C=O) groups excluding carboxylic acids is 1. The summed E-state index contributed by atoms with van der Waals surface area (Å²) < 4.78 is 33.2. The van der Waals surface area contributed by atoms with Crippen LogP contribution in [0.5, 0.6) is 5.75 Å². The number of rotatable bonds is 4. The average Bonchev–Trinajstić information content (AvgIpc) is 3.09. The molecule has 0 unspecified atom stereocenters. The second-order valence-electron chi connectivity index (χ2n) is 7.82. The molecule has 1 atom stereocenters. The van der Waals surface area contributed by atoms with Gasteiger partial charge in [-0.1, -0.05) is 0 Å². The van der Waals surface area contributed by atoms with Crippen LogP contribution in [0.25, 0.3) is 0 Å². The van der Waals surface area contributed by atoms with E-state index in [4.69, 9.17) is 4.74 Å². The summed E-state index contributed by atoms with van der Waals surface area (Å²) in [5.74, 6) is 0.778. The van der Waals surface area contributed by atoms with Crippen molar-refractivity contribution in [3.8, 4) is 5.75 Å². The molecule has 2 aromatic carbocycles. The van der Waals surface area contributed by atoms with E-state index in [1.165, 1.54) is 0 Å². The van der Waals surface area contributed by atoms with E-state index >= 15 is 0 Å². The Bertz CT molecular complexity index is 1040. The SMILES string of the molecule is COc1ccc(N2CCN(S(=O)(=O)c3ccc4c(c3)C[C@@H](C)N4C(C)=O)CC2)cc1. The first-order valence-corrected chi connectivity index (χ1v) is 11.6. The van der Waals surface area contributed by atoms with E-state index in [1.807, 2.05) is 31.2 Å². The number of amides is 1. The monoisotopic (exact) mass is 429 g/mol. The standard InChI is InChI=1S/C22H27N3O4S/c1-16-14-18-15-21(8-9-22(18)25(16)17(2)26)30(27,28)24-12-10-23(11-13-24)19-4-6-20(29-3)7-5-19/h4-9,15-16H,10-14H2,1-3H3/t16-/m1/s1. The number of nitrogens with zero attached hydrogens (tertiary/aromatic N) is 3. The molecule has 2 aromatic rings. The molecule has 2 aliphatic heterocycles. The Morgan fingerprint density at radius 3 is 2.30 bits per heavy atom. The van der Waals surface area contributed by atoms with E-state index in [0.717, 1.165) is 22.7 Å². The van der Waals surface area contributed by atoms with Crippen molar-refractivity contribution in [3.05, 3.63) is 48.0 Å². The summed E-state index contributed by atoms with van der Waals surface area (Å²) in [6.45, 7) is 5.65. The fraction of sp³-hybridized carbons (Fsp3) is 0.409. The van der Waals surface area contributed by atoms with E-state index < -0.39 is 10.0 Å². The van der Waals surface area contributed by atoms with Crippen molar-refractivity contribution in [1.82, 2.24) is 4.31 Å². The van der Waals surface area contributed by atoms with Crippen LogP contribution in [0, 0.1) is 0 Å². The summed E-state index contributed by atoms with van der Waals surface area (Å²) in [7, 11) is -1.94. The smallest absolute Gasteiger partial charge is 0.243 e. The zero-order valence-corrected chi connectivity index (χ0v) is 18.4. The maximum Gasteiger partial charge on any atom is 0.243 e. The molecule has 0 bridgehead atoms. The Morgan fingerprint density at radius 2 is 1.70 bits per heavy atom. The normalized spacial score (nSPS) is 19.6. The molecule has 8 heteroatoms. The molecule has 30 heavy (non-hydrogen) atoms. The Balaban J connectivity index is 1.49. The Labute approximate surface area is 177 Å². The summed E-state index contributed by atoms with van der Waals surface area (Å²) in [6.07, 6.45) is 0.670. The number of benzene rings is 2. The largest absolute Gasteiger partial charge is 0.497 e. The van der Waals surface area contributed by atoms with Gasteiger partial charge in [0.25, 0.3) is 0 Å². The Hall–Kier alpha value is -2.58. The molecule has 2 aliphatic rings. The summed E-state index contributed by atoms with van der Waals surface area (Å²) in [5, 5.41) is 0. The van der Waals surface area contributed by atoms with Crippen molar-refractivity contribution in [2.45, 2.75) is 31.2 Å². The highest BCUT2D eigenvalue weighted by Crippen LogP contribution is 2.34. The van der Waals surface area contributed by atoms with Crippen LogP contribution in [0.4, 0.5) is 11.4 Å². The first-order chi connectivity index (χ1) is 14.3. The highest BCUT2D eigenvalue weighted by Gasteiger charge is 2.33. The molecule has 4 rings (SSSR count). The molecule has 0 saturated carbocycles. The molecule has 7 nitrogen and oxygen atoms in total. The van der Waals surface area contributed by atoms with Crippen LogP contribution in [0.1, 0.15) is 19.4 Å². The van der Waals surface area contributed by atoms with E-state index in [2.05, 4.69) is 4.90 Å². The van der Waals surface area contributed by atoms with Gasteiger partial charge in [-0.15, -0.1) is 0 Å². The summed E-state index contributed by atoms with van der Waals surface area (Å²) in [6, 6.07) is 13.0. The maximum absolute atomic E-state index is 13.2. The second kappa shape index (κ2) is 7.92. The molecule has 2 heterocycles. The van der Waals surface area contributed by atoms with Gasteiger partial charge in [-0.25, -0.2) is 8.42 Å². The van der Waals surface area contributed by atoms with Crippen LogP contribution in [0.3, 0.4) is 0 Å². The van der Waals surface area contributed by atoms with Crippen LogP contribution in [0.15, 0.2) is 47.4 Å². The average molecular weight is 430 g/mol. The van der Waals surface area contributed by atoms with Gasteiger partial charge < -0.3 is 14.5 Å². The number of carbonyl (C=O) groups is 1. The zero-order valence-electron chi connectivity index (χ0n) is 17.5. The van der Waals surface area contributed by atoms with Gasteiger partial charge in [-0.05, 0) is 61.4 Å². The van der Waals surface area contributed by atoms with Crippen LogP contribution < -0.4 is 14.5 Å². The van der Waals surface area contributed by atoms with E-state index in [-0.39, 0.29) is 11.9 Å². The summed E-state index contributed by atoms with van der Waals surface area (Å²) >= 11 is 0. The lowest BCUT2D eigenvalue weighted by Crippen LogP contribution is -2.48. The first kappa shape index (κ1) is 20.7. The minimum atomic E-state index is -3.57. The van der Waals surface area contributed by atoms with Crippen molar-refractivity contribution >= 4 is 27.3 Å². The third-order valence-corrected chi connectivity index (χ3v) is 7.81. The van der Waals surface area contributed by atoms with Gasteiger partial charge >= 0.3 is 0 Å². The summed E-state index contributed by atoms with van der Waals surface area (Å²) in [5.41, 5.74) is 2.79. The molecule has 1 amide bonds. The topological polar surface area (TPSA) is 70.2 Å². The number of sulfonamides is 1. The number of piperazine rings is 1. The van der Waals surface area contributed by atoms with Crippen LogP contribution in [-0.4, -0.2) is 58.0 Å². The number of hydrogen-bond donors (Lipinski definition) is 0. The number of methoxy groups -OCH3 is 1. The number of ether oxygens (including phenoxy) is 1. The first-order valence-electron chi connectivity index (χ1n) is 10.1. The van der Waals surface area contributed by atoms with Crippen molar-refractivity contribution in [2.24, 2.45) is 0 Å². The third-order valence-electron chi connectivity index (χ3n) is 5.92. The van der Waals surface area contributed by atoms with Gasteiger partial charge in [0.15, 0.2) is 0 Å². The molecule has 160 valence electrons. The van der Waals surface area contributed by atoms with Gasteiger partial charge in [0.1, 0.15) is 5.75 Å². The molecule has 0 aliphatic carbocycles. The fourth-order valence-corrected chi connectivity index (χ4v) is 5.85. The highest BCUT2D eigenvalue weighted by molar-refractivity contribution is 7.89. The minimum Gasteiger partial charge on any atom is -0.497 e. The molecular formula is C22H27N3O4S. The minimum absolute atomic E-state index is 0.0217. The van der Waals surface area contributed by atoms with Gasteiger partial charge in [0, 0.05) is 50.5 Å². The van der Waals surface area contributed by atoms with Gasteiger partial charge in [0.2, 0.25) is 15.9 Å². The Morgan fingerprint density at radius 1 is 1.03 bits per heavy atom. The predicted molar refractivity (Wildman–Crippen MR) is 117 cm³/mol. The molecule has 0 radical (unpaired) electrons. The van der Waals surface area contributed by atoms with E-state index in [1.54, 1.807) is 41.4 Å². The number of hydrogen-bond acceptors (Lipinski definition) is 5. The third kappa shape index (κ3) is 3.65. The van der Waals surface area contributed by atoms with Crippen molar-refractivity contribution in [2.75, 3.05) is 43.1 Å².